The molecule has 1 N–H and O–H groups in total. The van der Waals surface area contributed by atoms with Gasteiger partial charge in [0.25, 0.3) is 0 Å². The third-order valence-electron chi connectivity index (χ3n) is 1.71. The Hall–Kier alpha value is -0.660. The van der Waals surface area contributed by atoms with Crippen LogP contribution in [0.1, 0.15) is 12.5 Å². The second-order valence-electron chi connectivity index (χ2n) is 2.74. The van der Waals surface area contributed by atoms with Gasteiger partial charge in [-0.1, -0.05) is 0 Å². The largest absolute Gasteiger partial charge is 0.492 e. The SMILES string of the molecule is CCOc1ccc(C(F)(F)F)cc1NI. The van der Waals surface area contributed by atoms with Crippen LogP contribution in [-0.2, 0) is 6.18 Å². The summed E-state index contributed by atoms with van der Waals surface area (Å²) in [4.78, 5) is 0. The Morgan fingerprint density at radius 2 is 2.07 bits per heavy atom. The highest BCUT2D eigenvalue weighted by Crippen LogP contribution is 2.35. The van der Waals surface area contributed by atoms with Gasteiger partial charge < -0.3 is 8.27 Å². The molecule has 0 aliphatic rings. The molecule has 0 unspecified atom stereocenters. The smallest absolute Gasteiger partial charge is 0.416 e. The minimum atomic E-state index is -4.33. The van der Waals surface area contributed by atoms with Crippen LogP contribution in [0.4, 0.5) is 18.9 Å². The third-order valence-corrected chi connectivity index (χ3v) is 2.29. The summed E-state index contributed by atoms with van der Waals surface area (Å²) in [6.07, 6.45) is -4.33. The van der Waals surface area contributed by atoms with Crippen LogP contribution >= 0.6 is 22.9 Å². The van der Waals surface area contributed by atoms with Gasteiger partial charge in [-0.15, -0.1) is 0 Å². The number of hydrogen-bond donors (Lipinski definition) is 1. The lowest BCUT2D eigenvalue weighted by molar-refractivity contribution is -0.137. The van der Waals surface area contributed by atoms with E-state index in [0.29, 0.717) is 18.0 Å². The number of rotatable bonds is 3. The van der Waals surface area contributed by atoms with Crippen molar-refractivity contribution < 1.29 is 17.9 Å². The molecule has 84 valence electrons. The summed E-state index contributed by atoms with van der Waals surface area (Å²) in [7, 11) is 0. The van der Waals surface area contributed by atoms with Gasteiger partial charge in [0.2, 0.25) is 0 Å². The molecule has 1 rings (SSSR count). The predicted molar refractivity (Wildman–Crippen MR) is 60.3 cm³/mol. The summed E-state index contributed by atoms with van der Waals surface area (Å²) in [5, 5.41) is 0. The summed E-state index contributed by atoms with van der Waals surface area (Å²) in [6, 6.07) is 3.34. The molecule has 0 saturated heterocycles. The van der Waals surface area contributed by atoms with E-state index in [2.05, 4.69) is 3.53 Å². The fourth-order valence-corrected chi connectivity index (χ4v) is 1.48. The molecule has 15 heavy (non-hydrogen) atoms. The van der Waals surface area contributed by atoms with Crippen molar-refractivity contribution in [3.05, 3.63) is 23.8 Å². The standard InChI is InChI=1S/C9H9F3INO/c1-2-15-8-4-3-6(9(10,11)12)5-7(8)14-13/h3-5,14H,2H2,1H3. The Kier molecular flexibility index (Phi) is 4.06. The minimum Gasteiger partial charge on any atom is -0.492 e. The summed E-state index contributed by atoms with van der Waals surface area (Å²) in [6.45, 7) is 2.19. The zero-order valence-electron chi connectivity index (χ0n) is 7.86. The molecular weight excluding hydrogens is 322 g/mol. The van der Waals surface area contributed by atoms with E-state index in [1.54, 1.807) is 29.8 Å². The lowest BCUT2D eigenvalue weighted by atomic mass is 10.2. The molecule has 1 aromatic rings. The first-order valence-corrected chi connectivity index (χ1v) is 5.27. The van der Waals surface area contributed by atoms with Crippen LogP contribution in [0.5, 0.6) is 5.75 Å². The second-order valence-corrected chi connectivity index (χ2v) is 3.28. The van der Waals surface area contributed by atoms with Crippen LogP contribution in [0, 0.1) is 0 Å². The van der Waals surface area contributed by atoms with Crippen molar-refractivity contribution in [3.63, 3.8) is 0 Å². The maximum atomic E-state index is 12.4. The number of alkyl halides is 3. The minimum absolute atomic E-state index is 0.326. The van der Waals surface area contributed by atoms with Gasteiger partial charge in [-0.3, -0.25) is 0 Å². The van der Waals surface area contributed by atoms with E-state index in [1.807, 2.05) is 0 Å². The maximum Gasteiger partial charge on any atom is 0.416 e. The Bertz CT molecular complexity index is 341. The van der Waals surface area contributed by atoms with Crippen molar-refractivity contribution in [3.8, 4) is 5.75 Å². The van der Waals surface area contributed by atoms with Crippen LogP contribution in [0.25, 0.3) is 0 Å². The number of ether oxygens (including phenoxy) is 1. The van der Waals surface area contributed by atoms with Gasteiger partial charge in [0.1, 0.15) is 5.75 Å². The van der Waals surface area contributed by atoms with Gasteiger partial charge in [-0.05, 0) is 25.1 Å². The number of benzene rings is 1. The second kappa shape index (κ2) is 4.91. The fourth-order valence-electron chi connectivity index (χ4n) is 1.06. The van der Waals surface area contributed by atoms with E-state index < -0.39 is 11.7 Å². The molecule has 0 aliphatic heterocycles. The third kappa shape index (κ3) is 3.15. The Morgan fingerprint density at radius 3 is 2.53 bits per heavy atom. The Morgan fingerprint density at radius 1 is 1.40 bits per heavy atom. The highest BCUT2D eigenvalue weighted by atomic mass is 127. The van der Waals surface area contributed by atoms with Crippen LogP contribution in [-0.4, -0.2) is 6.61 Å². The zero-order chi connectivity index (χ0) is 11.5. The molecule has 0 radical (unpaired) electrons. The molecule has 0 bridgehead atoms. The normalized spacial score (nSPS) is 11.3. The Balaban J connectivity index is 3.08. The quantitative estimate of drug-likeness (QED) is 0.671. The van der Waals surface area contributed by atoms with Crippen molar-refractivity contribution in [1.82, 2.24) is 0 Å². The van der Waals surface area contributed by atoms with Gasteiger partial charge in [0.05, 0.1) is 40.7 Å². The first kappa shape index (κ1) is 12.4. The average Bonchev–Trinajstić information content (AvgIpc) is 2.17. The van der Waals surface area contributed by atoms with Crippen LogP contribution in [0.3, 0.4) is 0 Å². The number of hydrogen-bond acceptors (Lipinski definition) is 2. The van der Waals surface area contributed by atoms with Gasteiger partial charge in [-0.25, -0.2) is 0 Å². The maximum absolute atomic E-state index is 12.4. The van der Waals surface area contributed by atoms with Crippen LogP contribution in [0.15, 0.2) is 18.2 Å². The molecule has 0 spiro atoms. The lowest BCUT2D eigenvalue weighted by Gasteiger charge is -2.12. The van der Waals surface area contributed by atoms with E-state index >= 15 is 0 Å². The van der Waals surface area contributed by atoms with E-state index in [4.69, 9.17) is 4.74 Å². The van der Waals surface area contributed by atoms with Gasteiger partial charge >= 0.3 is 6.18 Å². The van der Waals surface area contributed by atoms with E-state index in [-0.39, 0.29) is 0 Å². The molecule has 1 aromatic carbocycles. The van der Waals surface area contributed by atoms with E-state index in [0.717, 1.165) is 12.1 Å². The highest BCUT2D eigenvalue weighted by Gasteiger charge is 2.31. The molecule has 0 aliphatic carbocycles. The van der Waals surface area contributed by atoms with Crippen molar-refractivity contribution in [2.75, 3.05) is 10.1 Å². The monoisotopic (exact) mass is 331 g/mol. The first-order chi connectivity index (χ1) is 6.99. The zero-order valence-corrected chi connectivity index (χ0v) is 10.0. The van der Waals surface area contributed by atoms with Gasteiger partial charge in [-0.2, -0.15) is 13.2 Å². The number of nitrogens with one attached hydrogen (secondary N) is 1. The number of halogens is 4. The molecule has 0 atom stereocenters. The lowest BCUT2D eigenvalue weighted by Crippen LogP contribution is -2.05. The summed E-state index contributed by atoms with van der Waals surface area (Å²) >= 11 is 1.77. The average molecular weight is 331 g/mol. The molecule has 0 amide bonds. The summed E-state index contributed by atoms with van der Waals surface area (Å²) in [5.74, 6) is 0.417. The van der Waals surface area contributed by atoms with Gasteiger partial charge in [0.15, 0.2) is 0 Å². The van der Waals surface area contributed by atoms with Crippen LogP contribution in [0.2, 0.25) is 0 Å². The molecule has 6 heteroatoms. The van der Waals surface area contributed by atoms with Crippen LogP contribution < -0.4 is 8.27 Å². The summed E-state index contributed by atoms with van der Waals surface area (Å²) < 4.78 is 44.9. The fraction of sp³-hybridized carbons (Fsp3) is 0.333. The van der Waals surface area contributed by atoms with Crippen molar-refractivity contribution >= 4 is 28.6 Å². The van der Waals surface area contributed by atoms with Gasteiger partial charge in [0, 0.05) is 0 Å². The topological polar surface area (TPSA) is 21.3 Å². The predicted octanol–water partition coefficient (Wildman–Crippen LogP) is 3.87. The highest BCUT2D eigenvalue weighted by molar-refractivity contribution is 14.1. The summed E-state index contributed by atoms with van der Waals surface area (Å²) in [5.41, 5.74) is -0.364. The molecule has 0 fully saturated rings. The molecule has 0 heterocycles. The van der Waals surface area contributed by atoms with E-state index in [1.165, 1.54) is 6.07 Å². The number of anilines is 1. The first-order valence-electron chi connectivity index (χ1n) is 4.19. The molecular formula is C9H9F3INO. The van der Waals surface area contributed by atoms with E-state index in [9.17, 15) is 13.2 Å². The van der Waals surface area contributed by atoms with Crippen molar-refractivity contribution in [1.29, 1.82) is 0 Å². The molecule has 2 nitrogen and oxygen atoms in total. The molecule has 0 aromatic heterocycles. The van der Waals surface area contributed by atoms with Crippen molar-refractivity contribution in [2.45, 2.75) is 13.1 Å². The molecule has 0 saturated carbocycles. The van der Waals surface area contributed by atoms with Crippen molar-refractivity contribution in [2.24, 2.45) is 0 Å². The Labute approximate surface area is 99.3 Å².